The number of hydrogen-bond acceptors (Lipinski definition) is 1. The maximum atomic E-state index is 12.4. The summed E-state index contributed by atoms with van der Waals surface area (Å²) in [4.78, 5) is 0. The first-order valence-corrected chi connectivity index (χ1v) is 5.55. The van der Waals surface area contributed by atoms with E-state index < -0.39 is 11.7 Å². The summed E-state index contributed by atoms with van der Waals surface area (Å²) < 4.78 is 37.1. The van der Waals surface area contributed by atoms with Gasteiger partial charge in [-0.15, -0.1) is 0 Å². The van der Waals surface area contributed by atoms with Crippen LogP contribution in [0.5, 0.6) is 0 Å². The molecule has 0 saturated heterocycles. The largest absolute Gasteiger partial charge is 0.416 e. The van der Waals surface area contributed by atoms with E-state index in [1.807, 2.05) is 7.05 Å². The van der Waals surface area contributed by atoms with E-state index in [0.29, 0.717) is 0 Å². The zero-order valence-electron chi connectivity index (χ0n) is 10.4. The molecule has 0 amide bonds. The molecule has 0 aliphatic carbocycles. The molecule has 4 heteroatoms. The summed E-state index contributed by atoms with van der Waals surface area (Å²) in [6.07, 6.45) is -3.50. The summed E-state index contributed by atoms with van der Waals surface area (Å²) in [5, 5.41) is 3.08. The Morgan fingerprint density at radius 1 is 1.06 bits per heavy atom. The summed E-state index contributed by atoms with van der Waals surface area (Å²) in [7, 11) is 1.87. The van der Waals surface area contributed by atoms with E-state index in [1.165, 1.54) is 0 Å². The molecule has 17 heavy (non-hydrogen) atoms. The van der Waals surface area contributed by atoms with Gasteiger partial charge in [0.15, 0.2) is 0 Å². The van der Waals surface area contributed by atoms with Gasteiger partial charge in [-0.05, 0) is 36.6 Å². The van der Waals surface area contributed by atoms with Crippen molar-refractivity contribution in [1.29, 1.82) is 0 Å². The van der Waals surface area contributed by atoms with Gasteiger partial charge in [0.2, 0.25) is 0 Å². The molecule has 0 spiro atoms. The van der Waals surface area contributed by atoms with Gasteiger partial charge in [-0.2, -0.15) is 13.2 Å². The molecular formula is C13H18F3N. The smallest absolute Gasteiger partial charge is 0.319 e. The minimum absolute atomic E-state index is 0.0362. The Kier molecular flexibility index (Phi) is 4.20. The van der Waals surface area contributed by atoms with E-state index in [0.717, 1.165) is 30.7 Å². The molecule has 0 aliphatic rings. The van der Waals surface area contributed by atoms with Crippen molar-refractivity contribution in [3.05, 3.63) is 35.4 Å². The highest BCUT2D eigenvalue weighted by Crippen LogP contribution is 2.30. The first-order chi connectivity index (χ1) is 7.74. The van der Waals surface area contributed by atoms with Gasteiger partial charge in [0.25, 0.3) is 0 Å². The maximum absolute atomic E-state index is 12.4. The number of alkyl halides is 3. The molecule has 96 valence electrons. The minimum atomic E-state index is -4.25. The topological polar surface area (TPSA) is 12.0 Å². The van der Waals surface area contributed by atoms with Crippen LogP contribution in [0.15, 0.2) is 24.3 Å². The van der Waals surface area contributed by atoms with Gasteiger partial charge < -0.3 is 5.32 Å². The highest BCUT2D eigenvalue weighted by molar-refractivity contribution is 5.25. The Labute approximate surface area is 100 Å². The fourth-order valence-electron chi connectivity index (χ4n) is 1.91. The van der Waals surface area contributed by atoms with E-state index in [-0.39, 0.29) is 5.41 Å². The maximum Gasteiger partial charge on any atom is 0.416 e. The number of hydrogen-bond donors (Lipinski definition) is 1. The molecule has 0 bridgehead atoms. The van der Waals surface area contributed by atoms with Crippen molar-refractivity contribution in [1.82, 2.24) is 5.32 Å². The van der Waals surface area contributed by atoms with Gasteiger partial charge in [-0.1, -0.05) is 26.0 Å². The molecule has 0 aromatic heterocycles. The van der Waals surface area contributed by atoms with Gasteiger partial charge in [0.05, 0.1) is 5.56 Å². The van der Waals surface area contributed by atoms with Crippen molar-refractivity contribution in [2.75, 3.05) is 13.6 Å². The summed E-state index contributed by atoms with van der Waals surface area (Å²) in [6.45, 7) is 5.00. The predicted molar refractivity (Wildman–Crippen MR) is 62.9 cm³/mol. The van der Waals surface area contributed by atoms with Crippen molar-refractivity contribution >= 4 is 0 Å². The molecule has 0 radical (unpaired) electrons. The second-order valence-electron chi connectivity index (χ2n) is 5.07. The molecule has 0 heterocycles. The van der Waals surface area contributed by atoms with Crippen molar-refractivity contribution in [3.8, 4) is 0 Å². The van der Waals surface area contributed by atoms with Crippen LogP contribution in [0.1, 0.15) is 25.0 Å². The fraction of sp³-hybridized carbons (Fsp3) is 0.538. The number of halogens is 3. The minimum Gasteiger partial charge on any atom is -0.319 e. The van der Waals surface area contributed by atoms with E-state index in [9.17, 15) is 13.2 Å². The number of benzene rings is 1. The fourth-order valence-corrected chi connectivity index (χ4v) is 1.91. The molecule has 1 rings (SSSR count). The molecule has 1 aromatic carbocycles. The Hall–Kier alpha value is -1.03. The van der Waals surface area contributed by atoms with Crippen LogP contribution in [0, 0.1) is 5.41 Å². The number of rotatable bonds is 4. The zero-order valence-corrected chi connectivity index (χ0v) is 10.4. The van der Waals surface area contributed by atoms with Crippen molar-refractivity contribution in [2.24, 2.45) is 5.41 Å². The highest BCUT2D eigenvalue weighted by atomic mass is 19.4. The van der Waals surface area contributed by atoms with E-state index in [4.69, 9.17) is 0 Å². The average molecular weight is 245 g/mol. The monoisotopic (exact) mass is 245 g/mol. The SMILES string of the molecule is CNCC(C)(C)Cc1ccc(C(F)(F)F)cc1. The van der Waals surface area contributed by atoms with Crippen molar-refractivity contribution in [2.45, 2.75) is 26.4 Å². The van der Waals surface area contributed by atoms with Crippen LogP contribution in [0.25, 0.3) is 0 Å². The van der Waals surface area contributed by atoms with Gasteiger partial charge in [0.1, 0.15) is 0 Å². The summed E-state index contributed by atoms with van der Waals surface area (Å²) in [5.74, 6) is 0. The lowest BCUT2D eigenvalue weighted by atomic mass is 9.85. The highest BCUT2D eigenvalue weighted by Gasteiger charge is 2.30. The standard InChI is InChI=1S/C13H18F3N/c1-12(2,9-17-3)8-10-4-6-11(7-5-10)13(14,15)16/h4-7,17H,8-9H2,1-3H3. The van der Waals surface area contributed by atoms with Crippen LogP contribution in [0.3, 0.4) is 0 Å². The summed E-state index contributed by atoms with van der Waals surface area (Å²) >= 11 is 0. The van der Waals surface area contributed by atoms with E-state index in [2.05, 4.69) is 19.2 Å². The molecule has 0 saturated carbocycles. The van der Waals surface area contributed by atoms with Crippen LogP contribution in [-0.2, 0) is 12.6 Å². The van der Waals surface area contributed by atoms with Gasteiger partial charge >= 0.3 is 6.18 Å². The first-order valence-electron chi connectivity index (χ1n) is 5.55. The first kappa shape index (κ1) is 14.0. The molecule has 0 fully saturated rings. The third-order valence-electron chi connectivity index (χ3n) is 2.62. The van der Waals surface area contributed by atoms with Gasteiger partial charge in [0, 0.05) is 6.54 Å². The molecule has 0 unspecified atom stereocenters. The second-order valence-corrected chi connectivity index (χ2v) is 5.07. The van der Waals surface area contributed by atoms with Gasteiger partial charge in [-0.3, -0.25) is 0 Å². The Balaban J connectivity index is 2.75. The van der Waals surface area contributed by atoms with Crippen molar-refractivity contribution < 1.29 is 13.2 Å². The van der Waals surface area contributed by atoms with Crippen LogP contribution >= 0.6 is 0 Å². The normalized spacial score (nSPS) is 12.8. The van der Waals surface area contributed by atoms with Crippen LogP contribution < -0.4 is 5.32 Å². The molecule has 0 aliphatic heterocycles. The van der Waals surface area contributed by atoms with E-state index >= 15 is 0 Å². The predicted octanol–water partition coefficient (Wildman–Crippen LogP) is 3.49. The summed E-state index contributed by atoms with van der Waals surface area (Å²) in [5.41, 5.74) is 0.375. The van der Waals surface area contributed by atoms with Crippen LogP contribution in [0.4, 0.5) is 13.2 Å². The lowest BCUT2D eigenvalue weighted by Crippen LogP contribution is -2.28. The third kappa shape index (κ3) is 4.38. The zero-order chi connectivity index (χ0) is 13.1. The molecule has 1 nitrogen and oxygen atoms in total. The van der Waals surface area contributed by atoms with Crippen molar-refractivity contribution in [3.63, 3.8) is 0 Å². The summed E-state index contributed by atoms with van der Waals surface area (Å²) in [6, 6.07) is 5.40. The molecular weight excluding hydrogens is 227 g/mol. The molecule has 1 aromatic rings. The second kappa shape index (κ2) is 5.08. The van der Waals surface area contributed by atoms with E-state index in [1.54, 1.807) is 12.1 Å². The quantitative estimate of drug-likeness (QED) is 0.856. The molecule has 0 atom stereocenters. The van der Waals surface area contributed by atoms with Crippen LogP contribution in [-0.4, -0.2) is 13.6 Å². The average Bonchev–Trinajstić information content (AvgIpc) is 2.16. The lowest BCUT2D eigenvalue weighted by molar-refractivity contribution is -0.137. The molecule has 1 N–H and O–H groups in total. The van der Waals surface area contributed by atoms with Crippen LogP contribution in [0.2, 0.25) is 0 Å². The Morgan fingerprint density at radius 2 is 1.59 bits per heavy atom. The Bertz CT molecular complexity index is 352. The number of nitrogens with one attached hydrogen (secondary N) is 1. The van der Waals surface area contributed by atoms with Gasteiger partial charge in [-0.25, -0.2) is 0 Å². The lowest BCUT2D eigenvalue weighted by Gasteiger charge is -2.24. The third-order valence-corrected chi connectivity index (χ3v) is 2.62. The Morgan fingerprint density at radius 3 is 2.00 bits per heavy atom.